The number of anilines is 1. The minimum absolute atomic E-state index is 0.111. The number of nitro benzene ring substituents is 1. The maximum atomic E-state index is 11.7. The van der Waals surface area contributed by atoms with Gasteiger partial charge in [-0.2, -0.15) is 0 Å². The molecule has 0 spiro atoms. The van der Waals surface area contributed by atoms with Crippen molar-refractivity contribution in [3.63, 3.8) is 0 Å². The van der Waals surface area contributed by atoms with Crippen molar-refractivity contribution in [1.82, 2.24) is 0 Å². The van der Waals surface area contributed by atoms with Crippen molar-refractivity contribution in [3.05, 3.63) is 33.9 Å². The van der Waals surface area contributed by atoms with Crippen LogP contribution >= 0.6 is 0 Å². The van der Waals surface area contributed by atoms with Gasteiger partial charge in [0.05, 0.1) is 22.8 Å². The zero-order valence-corrected chi connectivity index (χ0v) is 14.9. The summed E-state index contributed by atoms with van der Waals surface area (Å²) < 4.78 is 9.65. The molecule has 1 aromatic carbocycles. The van der Waals surface area contributed by atoms with Crippen LogP contribution in [0.25, 0.3) is 0 Å². The van der Waals surface area contributed by atoms with Crippen LogP contribution in [0.3, 0.4) is 0 Å². The second-order valence-corrected chi connectivity index (χ2v) is 6.05. The number of hydrogen-bond acceptors (Lipinski definition) is 7. The van der Waals surface area contributed by atoms with Crippen molar-refractivity contribution in [2.24, 2.45) is 0 Å². The van der Waals surface area contributed by atoms with Gasteiger partial charge >= 0.3 is 12.1 Å². The number of carbonyl (C=O) groups excluding carboxylic acids is 2. The monoisotopic (exact) mass is 364 g/mol. The first-order chi connectivity index (χ1) is 12.0. The molecule has 9 nitrogen and oxygen atoms in total. The van der Waals surface area contributed by atoms with E-state index >= 15 is 0 Å². The summed E-state index contributed by atoms with van der Waals surface area (Å²) in [4.78, 5) is 33.4. The van der Waals surface area contributed by atoms with E-state index in [1.54, 1.807) is 27.7 Å². The van der Waals surface area contributed by atoms with Crippen LogP contribution in [0.1, 0.15) is 39.4 Å². The maximum absolute atomic E-state index is 11.7. The molecule has 0 saturated carbocycles. The summed E-state index contributed by atoms with van der Waals surface area (Å²) in [6, 6.07) is 3.64. The molecule has 9 heteroatoms. The van der Waals surface area contributed by atoms with Gasteiger partial charge in [0.25, 0.3) is 5.69 Å². The molecule has 0 fully saturated rings. The lowest BCUT2D eigenvalue weighted by molar-refractivity contribution is -0.385. The average Bonchev–Trinajstić information content (AvgIpc) is 2.50. The third-order valence-electron chi connectivity index (χ3n) is 2.75. The van der Waals surface area contributed by atoms with E-state index in [-0.39, 0.29) is 17.9 Å². The normalized spacial score (nSPS) is 11.6. The van der Waals surface area contributed by atoms with E-state index in [9.17, 15) is 24.8 Å². The van der Waals surface area contributed by atoms with Crippen LogP contribution in [-0.2, 0) is 14.3 Å². The van der Waals surface area contributed by atoms with Gasteiger partial charge in [-0.05, 0) is 39.8 Å². The van der Waals surface area contributed by atoms with E-state index in [0.29, 0.717) is 0 Å². The Hall–Kier alpha value is -3.12. The number of aliphatic hydroxyl groups excluding tert-OH is 1. The van der Waals surface area contributed by atoms with Crippen molar-refractivity contribution >= 4 is 23.4 Å². The lowest BCUT2D eigenvalue weighted by Crippen LogP contribution is -2.27. The molecule has 0 aliphatic carbocycles. The molecule has 26 heavy (non-hydrogen) atoms. The molecule has 0 saturated heterocycles. The number of nitro groups is 1. The molecule has 1 amide bonds. The molecule has 0 bridgehead atoms. The van der Waals surface area contributed by atoms with E-state index < -0.39 is 34.4 Å². The molecule has 0 aliphatic heterocycles. The van der Waals surface area contributed by atoms with Crippen LogP contribution in [0.4, 0.5) is 16.2 Å². The Labute approximate surface area is 150 Å². The number of amides is 1. The van der Waals surface area contributed by atoms with Gasteiger partial charge in [0, 0.05) is 12.0 Å². The smallest absolute Gasteiger partial charge is 0.412 e. The fourth-order valence-electron chi connectivity index (χ4n) is 1.80. The van der Waals surface area contributed by atoms with Crippen LogP contribution in [0, 0.1) is 22.0 Å². The molecule has 0 radical (unpaired) electrons. The third kappa shape index (κ3) is 6.78. The molecule has 0 heterocycles. The molecule has 0 aliphatic rings. The zero-order valence-electron chi connectivity index (χ0n) is 14.9. The number of esters is 1. The van der Waals surface area contributed by atoms with Crippen LogP contribution < -0.4 is 5.32 Å². The van der Waals surface area contributed by atoms with Crippen molar-refractivity contribution in [1.29, 1.82) is 0 Å². The molecule has 2 N–H and O–H groups in total. The fraction of sp³-hybridized carbons (Fsp3) is 0.412. The molecule has 1 rings (SSSR count). The van der Waals surface area contributed by atoms with E-state index in [4.69, 9.17) is 4.74 Å². The minimum atomic E-state index is -1.57. The molecule has 0 aromatic heterocycles. The summed E-state index contributed by atoms with van der Waals surface area (Å²) >= 11 is 0. The van der Waals surface area contributed by atoms with Gasteiger partial charge in [0.15, 0.2) is 0 Å². The SMILES string of the molecule is CCOC(=O)C#CC(O)c1ccc(NC(=O)OC(C)(C)C)cc1[N+](=O)[O-]. The first-order valence-corrected chi connectivity index (χ1v) is 7.68. The number of aliphatic hydroxyl groups is 1. The molecule has 1 unspecified atom stereocenters. The van der Waals surface area contributed by atoms with E-state index in [1.807, 2.05) is 5.92 Å². The van der Waals surface area contributed by atoms with Crippen LogP contribution in [0.5, 0.6) is 0 Å². The Morgan fingerprint density at radius 3 is 2.58 bits per heavy atom. The molecular weight excluding hydrogens is 344 g/mol. The van der Waals surface area contributed by atoms with Gasteiger partial charge in [-0.25, -0.2) is 9.59 Å². The highest BCUT2D eigenvalue weighted by Crippen LogP contribution is 2.28. The maximum Gasteiger partial charge on any atom is 0.412 e. The summed E-state index contributed by atoms with van der Waals surface area (Å²) in [6.07, 6.45) is -2.35. The van der Waals surface area contributed by atoms with Crippen molar-refractivity contribution in [2.45, 2.75) is 39.4 Å². The second kappa shape index (κ2) is 8.82. The first kappa shape index (κ1) is 20.9. The average molecular weight is 364 g/mol. The molecule has 1 aromatic rings. The predicted octanol–water partition coefficient (Wildman–Crippen LogP) is 2.54. The number of carbonyl (C=O) groups is 2. The Kier molecular flexibility index (Phi) is 7.10. The topological polar surface area (TPSA) is 128 Å². The first-order valence-electron chi connectivity index (χ1n) is 7.68. The number of rotatable bonds is 4. The Morgan fingerprint density at radius 2 is 2.04 bits per heavy atom. The van der Waals surface area contributed by atoms with Crippen molar-refractivity contribution in [2.75, 3.05) is 11.9 Å². The van der Waals surface area contributed by atoms with Gasteiger partial charge in [0.1, 0.15) is 11.7 Å². The summed E-state index contributed by atoms with van der Waals surface area (Å²) in [6.45, 7) is 6.75. The zero-order chi connectivity index (χ0) is 19.9. The number of nitrogens with one attached hydrogen (secondary N) is 1. The molecule has 1 atom stereocenters. The quantitative estimate of drug-likeness (QED) is 0.276. The summed E-state index contributed by atoms with van der Waals surface area (Å²) in [5, 5.41) is 23.6. The fourth-order valence-corrected chi connectivity index (χ4v) is 1.80. The van der Waals surface area contributed by atoms with Crippen LogP contribution in [0.2, 0.25) is 0 Å². The minimum Gasteiger partial charge on any atom is -0.456 e. The number of ether oxygens (including phenoxy) is 2. The Bertz CT molecular complexity index is 757. The van der Waals surface area contributed by atoms with E-state index in [0.717, 1.165) is 6.07 Å². The van der Waals surface area contributed by atoms with Crippen molar-refractivity contribution < 1.29 is 29.1 Å². The lowest BCUT2D eigenvalue weighted by Gasteiger charge is -2.19. The Balaban J connectivity index is 3.04. The number of nitrogens with zero attached hydrogens (tertiary/aromatic N) is 1. The van der Waals surface area contributed by atoms with Gasteiger partial charge in [0.2, 0.25) is 0 Å². The highest BCUT2D eigenvalue weighted by molar-refractivity contribution is 5.88. The summed E-state index contributed by atoms with van der Waals surface area (Å²) in [7, 11) is 0. The second-order valence-electron chi connectivity index (χ2n) is 6.05. The standard InChI is InChI=1S/C17H20N2O7/c1-5-25-15(21)9-8-14(20)12-7-6-11(10-13(12)19(23)24)18-16(22)26-17(2,3)4/h6-7,10,14,20H,5H2,1-4H3,(H,18,22). The third-order valence-corrected chi connectivity index (χ3v) is 2.75. The molecule has 140 valence electrons. The van der Waals surface area contributed by atoms with Gasteiger partial charge in [-0.3, -0.25) is 15.4 Å². The van der Waals surface area contributed by atoms with E-state index in [1.165, 1.54) is 12.1 Å². The Morgan fingerprint density at radius 1 is 1.38 bits per heavy atom. The van der Waals surface area contributed by atoms with Crippen LogP contribution in [-0.4, -0.2) is 34.3 Å². The highest BCUT2D eigenvalue weighted by atomic mass is 16.6. The number of benzene rings is 1. The largest absolute Gasteiger partial charge is 0.456 e. The van der Waals surface area contributed by atoms with Gasteiger partial charge in [-0.15, -0.1) is 0 Å². The van der Waals surface area contributed by atoms with Crippen LogP contribution in [0.15, 0.2) is 18.2 Å². The number of hydrogen-bond donors (Lipinski definition) is 2. The van der Waals surface area contributed by atoms with E-state index in [2.05, 4.69) is 16.0 Å². The summed E-state index contributed by atoms with van der Waals surface area (Å²) in [5.41, 5.74) is -1.21. The van der Waals surface area contributed by atoms with Crippen molar-refractivity contribution in [3.8, 4) is 11.8 Å². The lowest BCUT2D eigenvalue weighted by atomic mass is 10.1. The van der Waals surface area contributed by atoms with Gasteiger partial charge < -0.3 is 14.6 Å². The van der Waals surface area contributed by atoms with Gasteiger partial charge in [-0.1, -0.05) is 5.92 Å². The predicted molar refractivity (Wildman–Crippen MR) is 92.3 cm³/mol. The highest BCUT2D eigenvalue weighted by Gasteiger charge is 2.22. The summed E-state index contributed by atoms with van der Waals surface area (Å²) in [5.74, 6) is 3.38. The molecular formula is C17H20N2O7.